The van der Waals surface area contributed by atoms with Crippen LogP contribution in [0.4, 0.5) is 0 Å². The van der Waals surface area contributed by atoms with Gasteiger partial charge in [0, 0.05) is 18.1 Å². The van der Waals surface area contributed by atoms with Gasteiger partial charge in [0.25, 0.3) is 0 Å². The Morgan fingerprint density at radius 3 is 2.86 bits per heavy atom. The van der Waals surface area contributed by atoms with Crippen molar-refractivity contribution in [3.63, 3.8) is 0 Å². The van der Waals surface area contributed by atoms with Gasteiger partial charge in [-0.2, -0.15) is 0 Å². The Balaban J connectivity index is 0.00000242. The zero-order valence-electron chi connectivity index (χ0n) is 13.0. The molecule has 0 unspecified atom stereocenters. The van der Waals surface area contributed by atoms with Crippen molar-refractivity contribution < 1.29 is 4.74 Å². The van der Waals surface area contributed by atoms with Crippen molar-refractivity contribution in [1.29, 1.82) is 0 Å². The summed E-state index contributed by atoms with van der Waals surface area (Å²) in [7, 11) is 0. The van der Waals surface area contributed by atoms with Crippen LogP contribution in [0.15, 0.2) is 23.2 Å². The fourth-order valence-electron chi connectivity index (χ4n) is 2.32. The summed E-state index contributed by atoms with van der Waals surface area (Å²) in [4.78, 5) is 4.38. The molecule has 124 valence electrons. The van der Waals surface area contributed by atoms with Gasteiger partial charge in [0.2, 0.25) is 0 Å². The summed E-state index contributed by atoms with van der Waals surface area (Å²) in [5, 5.41) is 3.87. The molecule has 0 heterocycles. The Bertz CT molecular complexity index is 492. The van der Waals surface area contributed by atoms with E-state index in [2.05, 4.69) is 10.3 Å². The number of rotatable bonds is 7. The van der Waals surface area contributed by atoms with Crippen LogP contribution in [0.3, 0.4) is 0 Å². The second-order valence-electron chi connectivity index (χ2n) is 5.38. The zero-order valence-corrected chi connectivity index (χ0v) is 16.1. The van der Waals surface area contributed by atoms with E-state index < -0.39 is 0 Å². The molecule has 0 aliphatic heterocycles. The molecule has 1 aromatic carbocycles. The fourth-order valence-corrected chi connectivity index (χ4v) is 2.52. The predicted molar refractivity (Wildman–Crippen MR) is 104 cm³/mol. The molecule has 1 aliphatic rings. The number of nitrogens with two attached hydrogens (primary N) is 1. The third kappa shape index (κ3) is 6.20. The average Bonchev–Trinajstić information content (AvgIpc) is 2.40. The monoisotopic (exact) mass is 437 g/mol. The average molecular weight is 438 g/mol. The van der Waals surface area contributed by atoms with E-state index in [1.54, 1.807) is 0 Å². The molecule has 0 saturated heterocycles. The molecule has 3 N–H and O–H groups in total. The smallest absolute Gasteiger partial charge is 0.188 e. The van der Waals surface area contributed by atoms with E-state index in [4.69, 9.17) is 22.1 Å². The highest BCUT2D eigenvalue weighted by atomic mass is 127. The van der Waals surface area contributed by atoms with Crippen LogP contribution in [0.25, 0.3) is 0 Å². The Hall–Kier alpha value is -0.690. The summed E-state index contributed by atoms with van der Waals surface area (Å²) in [6.45, 7) is 4.19. The van der Waals surface area contributed by atoms with Crippen LogP contribution < -0.4 is 15.8 Å². The highest BCUT2D eigenvalue weighted by Gasteiger charge is 2.16. The highest BCUT2D eigenvalue weighted by Crippen LogP contribution is 2.26. The second-order valence-corrected chi connectivity index (χ2v) is 5.82. The van der Waals surface area contributed by atoms with E-state index in [-0.39, 0.29) is 24.0 Å². The van der Waals surface area contributed by atoms with Gasteiger partial charge in [-0.05, 0) is 55.9 Å². The van der Waals surface area contributed by atoms with Gasteiger partial charge >= 0.3 is 0 Å². The molecule has 0 aromatic heterocycles. The van der Waals surface area contributed by atoms with Crippen LogP contribution in [-0.2, 0) is 6.42 Å². The van der Waals surface area contributed by atoms with E-state index in [0.717, 1.165) is 41.8 Å². The normalized spacial score (nSPS) is 14.9. The number of benzene rings is 1. The molecule has 1 aromatic rings. The van der Waals surface area contributed by atoms with Crippen molar-refractivity contribution in [3.05, 3.63) is 28.8 Å². The van der Waals surface area contributed by atoms with Crippen molar-refractivity contribution >= 4 is 41.5 Å². The molecule has 0 spiro atoms. The molecule has 0 atom stereocenters. The van der Waals surface area contributed by atoms with E-state index in [1.807, 2.05) is 25.1 Å². The Labute approximate surface area is 154 Å². The fraction of sp³-hybridized carbons (Fsp3) is 0.562. The van der Waals surface area contributed by atoms with E-state index >= 15 is 0 Å². The summed E-state index contributed by atoms with van der Waals surface area (Å²) in [5.41, 5.74) is 6.96. The topological polar surface area (TPSA) is 59.6 Å². The summed E-state index contributed by atoms with van der Waals surface area (Å²) in [6.07, 6.45) is 4.71. The zero-order chi connectivity index (χ0) is 15.1. The van der Waals surface area contributed by atoms with Gasteiger partial charge in [0.05, 0.1) is 6.61 Å². The number of guanidine groups is 1. The summed E-state index contributed by atoms with van der Waals surface area (Å²) >= 11 is 6.04. The largest absolute Gasteiger partial charge is 0.494 e. The van der Waals surface area contributed by atoms with Crippen molar-refractivity contribution in [2.24, 2.45) is 16.6 Å². The Kier molecular flexibility index (Phi) is 8.93. The molecule has 0 radical (unpaired) electrons. The lowest BCUT2D eigenvalue weighted by Gasteiger charge is -2.23. The van der Waals surface area contributed by atoms with E-state index in [9.17, 15) is 0 Å². The van der Waals surface area contributed by atoms with Crippen molar-refractivity contribution in [2.45, 2.75) is 32.6 Å². The lowest BCUT2D eigenvalue weighted by atomic mass is 9.86. The summed E-state index contributed by atoms with van der Waals surface area (Å²) < 4.78 is 5.60. The third-order valence-electron chi connectivity index (χ3n) is 3.77. The van der Waals surface area contributed by atoms with Gasteiger partial charge < -0.3 is 15.8 Å². The SMILES string of the molecule is CCOc1ccc(Cl)cc1CCNC(N)=NCC1CCC1.I. The molecule has 22 heavy (non-hydrogen) atoms. The second kappa shape index (κ2) is 10.2. The molecule has 2 rings (SSSR count). The quantitative estimate of drug-likeness (QED) is 0.389. The number of nitrogens with one attached hydrogen (secondary N) is 1. The summed E-state index contributed by atoms with van der Waals surface area (Å²) in [5.74, 6) is 2.15. The van der Waals surface area contributed by atoms with Crippen LogP contribution >= 0.6 is 35.6 Å². The Morgan fingerprint density at radius 1 is 1.45 bits per heavy atom. The highest BCUT2D eigenvalue weighted by molar-refractivity contribution is 14.0. The first-order valence-corrected chi connectivity index (χ1v) is 8.02. The number of hydrogen-bond acceptors (Lipinski definition) is 2. The van der Waals surface area contributed by atoms with Crippen molar-refractivity contribution in [2.75, 3.05) is 19.7 Å². The maximum absolute atomic E-state index is 6.04. The van der Waals surface area contributed by atoms with Gasteiger partial charge in [-0.25, -0.2) is 0 Å². The molecular weight excluding hydrogens is 413 g/mol. The number of halogens is 2. The number of ether oxygens (including phenoxy) is 1. The van der Waals surface area contributed by atoms with Gasteiger partial charge in [-0.1, -0.05) is 18.0 Å². The van der Waals surface area contributed by atoms with Crippen LogP contribution in [0, 0.1) is 5.92 Å². The van der Waals surface area contributed by atoms with Gasteiger partial charge in [-0.15, -0.1) is 24.0 Å². The third-order valence-corrected chi connectivity index (χ3v) is 4.00. The van der Waals surface area contributed by atoms with Gasteiger partial charge in [-0.3, -0.25) is 4.99 Å². The van der Waals surface area contributed by atoms with Crippen LogP contribution in [0.1, 0.15) is 31.7 Å². The van der Waals surface area contributed by atoms with Gasteiger partial charge in [0.15, 0.2) is 5.96 Å². The lowest BCUT2D eigenvalue weighted by Crippen LogP contribution is -2.34. The molecule has 1 aliphatic carbocycles. The van der Waals surface area contributed by atoms with Crippen molar-refractivity contribution in [1.82, 2.24) is 5.32 Å². The number of hydrogen-bond donors (Lipinski definition) is 2. The van der Waals surface area contributed by atoms with Gasteiger partial charge in [0.1, 0.15) is 5.75 Å². The number of nitrogens with zero attached hydrogens (tertiary/aromatic N) is 1. The van der Waals surface area contributed by atoms with Crippen LogP contribution in [0.2, 0.25) is 5.02 Å². The predicted octanol–water partition coefficient (Wildman–Crippen LogP) is 3.60. The summed E-state index contributed by atoms with van der Waals surface area (Å²) in [6, 6.07) is 5.70. The minimum Gasteiger partial charge on any atom is -0.494 e. The first-order valence-electron chi connectivity index (χ1n) is 7.64. The first-order chi connectivity index (χ1) is 10.2. The Morgan fingerprint density at radius 2 is 2.23 bits per heavy atom. The minimum absolute atomic E-state index is 0. The molecule has 1 saturated carbocycles. The van der Waals surface area contributed by atoms with Crippen LogP contribution in [-0.4, -0.2) is 25.7 Å². The molecular formula is C16H25ClIN3O. The van der Waals surface area contributed by atoms with Crippen LogP contribution in [0.5, 0.6) is 5.75 Å². The molecule has 0 bridgehead atoms. The molecule has 6 heteroatoms. The maximum Gasteiger partial charge on any atom is 0.188 e. The van der Waals surface area contributed by atoms with E-state index in [0.29, 0.717) is 12.6 Å². The lowest BCUT2D eigenvalue weighted by molar-refractivity contribution is 0.326. The molecule has 4 nitrogen and oxygen atoms in total. The standard InChI is InChI=1S/C16H24ClN3O.HI/c1-2-21-15-7-6-14(17)10-13(15)8-9-19-16(18)20-11-12-4-3-5-12;/h6-7,10,12H,2-5,8-9,11H2,1H3,(H3,18,19,20);1H. The molecule has 1 fully saturated rings. The first kappa shape index (κ1) is 19.4. The van der Waals surface area contributed by atoms with E-state index in [1.165, 1.54) is 19.3 Å². The maximum atomic E-state index is 6.04. The van der Waals surface area contributed by atoms with Crippen molar-refractivity contribution in [3.8, 4) is 5.75 Å². The molecule has 0 amide bonds. The minimum atomic E-state index is 0. The number of aliphatic imine (C=N–C) groups is 1.